The van der Waals surface area contributed by atoms with Crippen molar-refractivity contribution in [3.63, 3.8) is 0 Å². The minimum absolute atomic E-state index is 0.323. The second kappa shape index (κ2) is 5.33. The van der Waals surface area contributed by atoms with Gasteiger partial charge >= 0.3 is 0 Å². The van der Waals surface area contributed by atoms with E-state index in [1.54, 1.807) is 18.2 Å². The minimum Gasteiger partial charge on any atom is -0.244 e. The standard InChI is InChI=1S/C15H12ClFN2/c1-4-12-13(16)9(2)14(19-15(12)18-3)10-6-5-7-11(17)8-10/h4-8H,1,3H2,2H3. The molecule has 0 atom stereocenters. The average Bonchev–Trinajstić information content (AvgIpc) is 2.41. The lowest BCUT2D eigenvalue weighted by atomic mass is 10.0. The van der Waals surface area contributed by atoms with Gasteiger partial charge < -0.3 is 0 Å². The number of halogens is 2. The largest absolute Gasteiger partial charge is 0.244 e. The van der Waals surface area contributed by atoms with Crippen LogP contribution in [-0.4, -0.2) is 11.7 Å². The smallest absolute Gasteiger partial charge is 0.160 e. The highest BCUT2D eigenvalue weighted by Crippen LogP contribution is 2.35. The van der Waals surface area contributed by atoms with Gasteiger partial charge in [0.2, 0.25) is 0 Å². The van der Waals surface area contributed by atoms with Crippen LogP contribution in [0.3, 0.4) is 0 Å². The van der Waals surface area contributed by atoms with Crippen LogP contribution in [0.2, 0.25) is 5.02 Å². The minimum atomic E-state index is -0.323. The lowest BCUT2D eigenvalue weighted by molar-refractivity contribution is 0.628. The number of nitrogens with zero attached hydrogens (tertiary/aromatic N) is 2. The number of rotatable bonds is 3. The molecular formula is C15H12ClFN2. The third kappa shape index (κ3) is 2.42. The van der Waals surface area contributed by atoms with Crippen LogP contribution in [0.25, 0.3) is 17.3 Å². The molecule has 2 nitrogen and oxygen atoms in total. The summed E-state index contributed by atoms with van der Waals surface area (Å²) in [5, 5.41) is 0.506. The van der Waals surface area contributed by atoms with E-state index < -0.39 is 0 Å². The van der Waals surface area contributed by atoms with Crippen molar-refractivity contribution in [2.24, 2.45) is 4.99 Å². The summed E-state index contributed by atoms with van der Waals surface area (Å²) in [5.41, 5.74) is 2.64. The molecule has 1 aromatic carbocycles. The van der Waals surface area contributed by atoms with Crippen molar-refractivity contribution in [3.8, 4) is 11.3 Å². The lowest BCUT2D eigenvalue weighted by Gasteiger charge is -2.11. The Kier molecular flexibility index (Phi) is 3.76. The molecule has 2 aromatic rings. The number of pyridine rings is 1. The van der Waals surface area contributed by atoms with Crippen molar-refractivity contribution in [1.82, 2.24) is 4.98 Å². The van der Waals surface area contributed by atoms with Crippen LogP contribution >= 0.6 is 11.6 Å². The topological polar surface area (TPSA) is 25.2 Å². The van der Waals surface area contributed by atoms with E-state index in [4.69, 9.17) is 11.6 Å². The van der Waals surface area contributed by atoms with Crippen molar-refractivity contribution < 1.29 is 4.39 Å². The molecule has 2 rings (SSSR count). The van der Waals surface area contributed by atoms with Crippen LogP contribution in [0.1, 0.15) is 11.1 Å². The molecule has 1 heterocycles. The van der Waals surface area contributed by atoms with Gasteiger partial charge in [0, 0.05) is 11.1 Å². The molecule has 0 aliphatic heterocycles. The van der Waals surface area contributed by atoms with E-state index >= 15 is 0 Å². The van der Waals surface area contributed by atoms with Gasteiger partial charge in [-0.25, -0.2) is 14.4 Å². The van der Waals surface area contributed by atoms with Gasteiger partial charge in [0.15, 0.2) is 5.82 Å². The zero-order valence-electron chi connectivity index (χ0n) is 10.5. The van der Waals surface area contributed by atoms with Gasteiger partial charge in [0.25, 0.3) is 0 Å². The zero-order chi connectivity index (χ0) is 14.0. The highest BCUT2D eigenvalue weighted by molar-refractivity contribution is 6.33. The van der Waals surface area contributed by atoms with E-state index in [9.17, 15) is 4.39 Å². The summed E-state index contributed by atoms with van der Waals surface area (Å²) >= 11 is 6.28. The molecular weight excluding hydrogens is 263 g/mol. The van der Waals surface area contributed by atoms with Gasteiger partial charge in [-0.2, -0.15) is 0 Å². The Morgan fingerprint density at radius 1 is 1.42 bits per heavy atom. The van der Waals surface area contributed by atoms with Crippen LogP contribution < -0.4 is 0 Å². The summed E-state index contributed by atoms with van der Waals surface area (Å²) in [7, 11) is 0. The highest BCUT2D eigenvalue weighted by atomic mass is 35.5. The van der Waals surface area contributed by atoms with Gasteiger partial charge in [-0.05, 0) is 31.3 Å². The summed E-state index contributed by atoms with van der Waals surface area (Å²) in [6.07, 6.45) is 1.59. The van der Waals surface area contributed by atoms with Gasteiger partial charge in [-0.1, -0.05) is 36.4 Å². The molecule has 0 spiro atoms. The molecule has 0 N–H and O–H groups in total. The molecule has 1 aromatic heterocycles. The van der Waals surface area contributed by atoms with E-state index in [1.807, 2.05) is 6.92 Å². The second-order valence-corrected chi connectivity index (χ2v) is 4.39. The maximum Gasteiger partial charge on any atom is 0.160 e. The Bertz CT molecular complexity index is 665. The third-order valence-corrected chi connectivity index (χ3v) is 3.32. The first kappa shape index (κ1) is 13.4. The normalized spacial score (nSPS) is 10.3. The highest BCUT2D eigenvalue weighted by Gasteiger charge is 2.14. The predicted molar refractivity (Wildman–Crippen MR) is 78.7 cm³/mol. The monoisotopic (exact) mass is 274 g/mol. The maximum atomic E-state index is 13.3. The van der Waals surface area contributed by atoms with Crippen molar-refractivity contribution in [3.05, 3.63) is 52.8 Å². The third-order valence-electron chi connectivity index (χ3n) is 2.83. The number of hydrogen-bond acceptors (Lipinski definition) is 2. The van der Waals surface area contributed by atoms with E-state index in [-0.39, 0.29) is 5.82 Å². The van der Waals surface area contributed by atoms with Crippen LogP contribution in [0.15, 0.2) is 35.8 Å². The molecule has 4 heteroatoms. The number of aliphatic imine (C=N–C) groups is 1. The Balaban J connectivity index is 2.75. The molecule has 0 amide bonds. The Morgan fingerprint density at radius 3 is 2.74 bits per heavy atom. The van der Waals surface area contributed by atoms with Crippen LogP contribution in [0, 0.1) is 12.7 Å². The van der Waals surface area contributed by atoms with Crippen molar-refractivity contribution in [1.29, 1.82) is 0 Å². The molecule has 0 bridgehead atoms. The Hall–Kier alpha value is -2.00. The van der Waals surface area contributed by atoms with Gasteiger partial charge in [-0.3, -0.25) is 0 Å². The molecule has 0 aliphatic rings. The summed E-state index contributed by atoms with van der Waals surface area (Å²) < 4.78 is 13.3. The summed E-state index contributed by atoms with van der Waals surface area (Å²) in [4.78, 5) is 8.22. The molecule has 0 fully saturated rings. The van der Waals surface area contributed by atoms with E-state index in [0.29, 0.717) is 27.7 Å². The Morgan fingerprint density at radius 2 is 2.16 bits per heavy atom. The quantitative estimate of drug-likeness (QED) is 0.736. The fourth-order valence-corrected chi connectivity index (χ4v) is 2.12. The number of aromatic nitrogens is 1. The zero-order valence-corrected chi connectivity index (χ0v) is 11.2. The van der Waals surface area contributed by atoms with Gasteiger partial charge in [0.1, 0.15) is 5.82 Å². The van der Waals surface area contributed by atoms with Gasteiger partial charge in [-0.15, -0.1) is 0 Å². The Labute approximate surface area is 116 Å². The molecule has 0 aliphatic carbocycles. The second-order valence-electron chi connectivity index (χ2n) is 4.01. The van der Waals surface area contributed by atoms with E-state index in [1.165, 1.54) is 12.1 Å². The summed E-state index contributed by atoms with van der Waals surface area (Å²) in [6.45, 7) is 8.98. The summed E-state index contributed by atoms with van der Waals surface area (Å²) in [6, 6.07) is 6.19. The first-order chi connectivity index (χ1) is 9.08. The molecule has 96 valence electrons. The van der Waals surface area contributed by atoms with Gasteiger partial charge in [0.05, 0.1) is 10.7 Å². The molecule has 0 unspecified atom stereocenters. The number of hydrogen-bond donors (Lipinski definition) is 0. The molecule has 0 saturated heterocycles. The van der Waals surface area contributed by atoms with Crippen LogP contribution in [0.4, 0.5) is 10.2 Å². The van der Waals surface area contributed by atoms with E-state index in [0.717, 1.165) is 5.56 Å². The number of benzene rings is 1. The predicted octanol–water partition coefficient (Wildman–Crippen LogP) is 4.82. The molecule has 0 saturated carbocycles. The van der Waals surface area contributed by atoms with Crippen LogP contribution in [-0.2, 0) is 0 Å². The maximum absolute atomic E-state index is 13.3. The van der Waals surface area contributed by atoms with Crippen molar-refractivity contribution in [2.45, 2.75) is 6.92 Å². The van der Waals surface area contributed by atoms with E-state index in [2.05, 4.69) is 23.3 Å². The fraction of sp³-hybridized carbons (Fsp3) is 0.0667. The summed E-state index contributed by atoms with van der Waals surface area (Å²) in [5.74, 6) is 0.0700. The molecule has 0 radical (unpaired) electrons. The van der Waals surface area contributed by atoms with Crippen LogP contribution in [0.5, 0.6) is 0 Å². The fourth-order valence-electron chi connectivity index (χ4n) is 1.87. The first-order valence-electron chi connectivity index (χ1n) is 5.63. The van der Waals surface area contributed by atoms with Crippen molar-refractivity contribution >= 4 is 30.2 Å². The average molecular weight is 275 g/mol. The lowest BCUT2D eigenvalue weighted by Crippen LogP contribution is -1.94. The molecule has 19 heavy (non-hydrogen) atoms. The SMILES string of the molecule is C=Cc1c(N=C)nc(-c2cccc(F)c2)c(C)c1Cl. The van der Waals surface area contributed by atoms with Crippen molar-refractivity contribution in [2.75, 3.05) is 0 Å². The first-order valence-corrected chi connectivity index (χ1v) is 6.01.